The molecule has 5 aliphatic rings. The number of aliphatic carboxylic acids is 2. The van der Waals surface area contributed by atoms with Crippen LogP contribution in [0.25, 0.3) is 0 Å². The molecule has 4 aliphatic carbocycles. The summed E-state index contributed by atoms with van der Waals surface area (Å²) in [4.78, 5) is 35.9. The van der Waals surface area contributed by atoms with Crippen LogP contribution in [-0.2, 0) is 19.1 Å². The second kappa shape index (κ2) is 7.95. The molecule has 8 heteroatoms. The Morgan fingerprint density at radius 1 is 1.24 bits per heavy atom. The molecule has 1 spiro atoms. The summed E-state index contributed by atoms with van der Waals surface area (Å²) in [6.45, 7) is 5.91. The molecule has 0 aromatic rings. The van der Waals surface area contributed by atoms with Crippen LogP contribution in [0, 0.1) is 28.1 Å². The molecular formula is C25H33KO7. The van der Waals surface area contributed by atoms with Gasteiger partial charge in [-0.3, -0.25) is 9.59 Å². The number of ketones is 1. The van der Waals surface area contributed by atoms with Gasteiger partial charge in [0.1, 0.15) is 5.60 Å². The summed E-state index contributed by atoms with van der Waals surface area (Å²) in [5.74, 6) is -2.36. The number of aliphatic hydroxyl groups is 1. The van der Waals surface area contributed by atoms with Crippen LogP contribution in [-0.4, -0.2) is 45.2 Å². The van der Waals surface area contributed by atoms with Gasteiger partial charge in [0.05, 0.1) is 11.7 Å². The zero-order valence-corrected chi connectivity index (χ0v) is 23.2. The summed E-state index contributed by atoms with van der Waals surface area (Å²) in [5.41, 5.74) is -2.97. The molecule has 0 aromatic heterocycles. The molecule has 0 radical (unpaired) electrons. The van der Waals surface area contributed by atoms with Crippen LogP contribution < -0.4 is 56.5 Å². The minimum Gasteiger partial charge on any atom is -0.550 e. The average molecular weight is 485 g/mol. The van der Waals surface area contributed by atoms with Crippen molar-refractivity contribution in [1.82, 2.24) is 0 Å². The normalized spacial score (nSPS) is 49.5. The topological polar surface area (TPSA) is 127 Å². The zero-order valence-electron chi connectivity index (χ0n) is 20.1. The molecule has 2 N–H and O–H groups in total. The van der Waals surface area contributed by atoms with Crippen molar-refractivity contribution in [2.45, 2.75) is 95.9 Å². The fraction of sp³-hybridized carbons (Fsp3) is 0.800. The van der Waals surface area contributed by atoms with E-state index in [1.807, 2.05) is 6.92 Å². The van der Waals surface area contributed by atoms with Gasteiger partial charge in [0.15, 0.2) is 5.78 Å². The number of epoxide rings is 1. The van der Waals surface area contributed by atoms with Crippen LogP contribution >= 0.6 is 0 Å². The molecule has 1 aliphatic heterocycles. The van der Waals surface area contributed by atoms with Gasteiger partial charge in [-0.25, -0.2) is 0 Å². The molecule has 7 nitrogen and oxygen atoms in total. The second-order valence-corrected chi connectivity index (χ2v) is 11.8. The van der Waals surface area contributed by atoms with E-state index in [2.05, 4.69) is 6.92 Å². The van der Waals surface area contributed by atoms with E-state index in [0.717, 1.165) is 5.57 Å². The van der Waals surface area contributed by atoms with Crippen molar-refractivity contribution in [3.8, 4) is 0 Å². The third-order valence-corrected chi connectivity index (χ3v) is 10.5. The molecular weight excluding hydrogens is 451 g/mol. The SMILES string of the molecule is C[C@@]1(C(=O)[O-])CC2=CC(=O)CC[C@]2(C)C23O[C@H]2C[C@@]2(C)C(CC[C@@]2(O)CCCC(=O)O)C31.[K+]. The molecule has 0 bridgehead atoms. The van der Waals surface area contributed by atoms with E-state index < -0.39 is 39.4 Å². The van der Waals surface area contributed by atoms with Gasteiger partial charge in [0, 0.05) is 41.0 Å². The van der Waals surface area contributed by atoms with E-state index in [0.29, 0.717) is 44.9 Å². The van der Waals surface area contributed by atoms with Crippen LogP contribution in [0.3, 0.4) is 0 Å². The third-order valence-electron chi connectivity index (χ3n) is 10.5. The van der Waals surface area contributed by atoms with E-state index in [1.54, 1.807) is 13.0 Å². The Labute approximate surface area is 237 Å². The number of rotatable bonds is 5. The molecule has 8 atom stereocenters. The van der Waals surface area contributed by atoms with E-state index >= 15 is 0 Å². The third kappa shape index (κ3) is 3.24. The number of fused-ring (bicyclic) bond motifs is 3. The van der Waals surface area contributed by atoms with Gasteiger partial charge in [-0.2, -0.15) is 0 Å². The molecule has 176 valence electrons. The van der Waals surface area contributed by atoms with Crippen molar-refractivity contribution in [2.24, 2.45) is 28.1 Å². The number of carboxylic acids is 2. The number of carboxylic acid groups (broad SMARTS) is 2. The van der Waals surface area contributed by atoms with Gasteiger partial charge in [0.2, 0.25) is 0 Å². The molecule has 0 amide bonds. The molecule has 4 fully saturated rings. The fourth-order valence-corrected chi connectivity index (χ4v) is 8.62. The summed E-state index contributed by atoms with van der Waals surface area (Å²) in [5, 5.41) is 33.5. The van der Waals surface area contributed by atoms with E-state index in [4.69, 9.17) is 9.84 Å². The van der Waals surface area contributed by atoms with E-state index in [-0.39, 0.29) is 87.9 Å². The molecule has 0 aromatic carbocycles. The van der Waals surface area contributed by atoms with Crippen molar-refractivity contribution in [1.29, 1.82) is 0 Å². The van der Waals surface area contributed by atoms with Crippen LogP contribution in [0.5, 0.6) is 0 Å². The first-order valence-corrected chi connectivity index (χ1v) is 11.9. The van der Waals surface area contributed by atoms with Crippen LogP contribution in [0.15, 0.2) is 11.6 Å². The first kappa shape index (κ1) is 26.0. The maximum atomic E-state index is 12.6. The van der Waals surface area contributed by atoms with Crippen LogP contribution in [0.1, 0.15) is 78.6 Å². The Morgan fingerprint density at radius 2 is 1.94 bits per heavy atom. The monoisotopic (exact) mass is 484 g/mol. The average Bonchev–Trinajstić information content (AvgIpc) is 3.35. The van der Waals surface area contributed by atoms with E-state index in [1.165, 1.54) is 0 Å². The zero-order chi connectivity index (χ0) is 23.3. The predicted molar refractivity (Wildman–Crippen MR) is 111 cm³/mol. The fourth-order valence-electron chi connectivity index (χ4n) is 8.62. The van der Waals surface area contributed by atoms with Gasteiger partial charge in [-0.15, -0.1) is 0 Å². The van der Waals surface area contributed by atoms with Crippen molar-refractivity contribution < 1.29 is 85.8 Å². The Kier molecular flexibility index (Phi) is 6.26. The van der Waals surface area contributed by atoms with Crippen LogP contribution in [0.2, 0.25) is 0 Å². The maximum absolute atomic E-state index is 12.6. The number of carbonyl (C=O) groups is 3. The van der Waals surface area contributed by atoms with Gasteiger partial charge in [-0.05, 0) is 56.9 Å². The standard InChI is InChI=1S/C25H34O7.K/c1-21(20(29)30)12-14-11-15(26)6-9-22(14,2)25-17(32-25)13-23(3)16(19(21)25)7-10-24(23,31)8-4-5-18(27)28;/h11,16-17,19,31H,4-10,12-13H2,1-3H3,(H,27,28)(H,29,30);/q;+1/p-1/t16?,17-,19?,21+,22-,23-,24-,25?;/m0./s1. The molecule has 1 saturated heterocycles. The van der Waals surface area contributed by atoms with Crippen molar-refractivity contribution in [2.75, 3.05) is 0 Å². The largest absolute Gasteiger partial charge is 1.00 e. The Morgan fingerprint density at radius 3 is 2.58 bits per heavy atom. The van der Waals surface area contributed by atoms with Crippen LogP contribution in [0.4, 0.5) is 0 Å². The van der Waals surface area contributed by atoms with Crippen molar-refractivity contribution in [3.05, 3.63) is 11.6 Å². The Balaban J connectivity index is 0.00000259. The first-order chi connectivity index (χ1) is 14.8. The first-order valence-electron chi connectivity index (χ1n) is 11.9. The molecule has 3 unspecified atom stereocenters. The molecule has 3 saturated carbocycles. The molecule has 1 heterocycles. The van der Waals surface area contributed by atoms with E-state index in [9.17, 15) is 24.6 Å². The summed E-state index contributed by atoms with van der Waals surface area (Å²) < 4.78 is 6.51. The quantitative estimate of drug-likeness (QED) is 0.379. The number of carbonyl (C=O) groups excluding carboxylic acids is 2. The minimum absolute atomic E-state index is 0. The minimum atomic E-state index is -1.20. The second-order valence-electron chi connectivity index (χ2n) is 11.8. The number of ether oxygens (including phenoxy) is 1. The molecule has 5 rings (SSSR count). The molecule has 33 heavy (non-hydrogen) atoms. The number of hydrogen-bond acceptors (Lipinski definition) is 6. The Bertz CT molecular complexity index is 947. The smallest absolute Gasteiger partial charge is 0.550 e. The summed E-state index contributed by atoms with van der Waals surface area (Å²) in [7, 11) is 0. The van der Waals surface area contributed by atoms with Crippen molar-refractivity contribution in [3.63, 3.8) is 0 Å². The van der Waals surface area contributed by atoms with Gasteiger partial charge < -0.3 is 24.9 Å². The predicted octanol–water partition coefficient (Wildman–Crippen LogP) is -0.994. The summed E-state index contributed by atoms with van der Waals surface area (Å²) in [6.07, 6.45) is 5.45. The van der Waals surface area contributed by atoms with Gasteiger partial charge >= 0.3 is 57.4 Å². The summed E-state index contributed by atoms with van der Waals surface area (Å²) >= 11 is 0. The Hall–Kier alpha value is -0.0936. The summed E-state index contributed by atoms with van der Waals surface area (Å²) in [6, 6.07) is 0. The van der Waals surface area contributed by atoms with Crippen molar-refractivity contribution >= 4 is 17.7 Å². The maximum Gasteiger partial charge on any atom is 1.00 e. The number of hydrogen-bond donors (Lipinski definition) is 2. The van der Waals surface area contributed by atoms with Gasteiger partial charge in [-0.1, -0.05) is 26.3 Å². The van der Waals surface area contributed by atoms with Gasteiger partial charge in [0.25, 0.3) is 0 Å².